The fraction of sp³-hybridized carbons (Fsp3) is 0.468. The van der Waals surface area contributed by atoms with E-state index in [-0.39, 0.29) is 31.2 Å². The van der Waals surface area contributed by atoms with Crippen LogP contribution in [0.25, 0.3) is 21.6 Å². The Labute approximate surface area is 368 Å². The molecule has 1 aliphatic heterocycles. The number of amides is 3. The number of nitrogens with zero attached hydrogens (tertiary/aromatic N) is 3. The Kier molecular flexibility index (Phi) is 13.1. The molecule has 0 spiro atoms. The van der Waals surface area contributed by atoms with Crippen LogP contribution >= 0.6 is 11.3 Å². The van der Waals surface area contributed by atoms with Gasteiger partial charge in [0.15, 0.2) is 0 Å². The minimum atomic E-state index is -3.99. The van der Waals surface area contributed by atoms with Crippen LogP contribution in [-0.4, -0.2) is 83.1 Å². The highest BCUT2D eigenvalue weighted by Crippen LogP contribution is 2.47. The van der Waals surface area contributed by atoms with Crippen molar-refractivity contribution < 1.29 is 32.3 Å². The summed E-state index contributed by atoms with van der Waals surface area (Å²) in [7, 11) is -2.38. The normalized spacial score (nSPS) is 21.8. The number of benzene rings is 2. The molecule has 2 aliphatic carbocycles. The third-order valence-electron chi connectivity index (χ3n) is 12.5. The molecule has 2 aromatic carbocycles. The van der Waals surface area contributed by atoms with Gasteiger partial charge in [0, 0.05) is 40.4 Å². The molecule has 13 nitrogen and oxygen atoms in total. The van der Waals surface area contributed by atoms with Crippen LogP contribution in [0.15, 0.2) is 79.2 Å². The lowest BCUT2D eigenvalue weighted by molar-refractivity contribution is -0.140. The van der Waals surface area contributed by atoms with Crippen LogP contribution < -0.4 is 24.8 Å². The zero-order valence-electron chi connectivity index (χ0n) is 36.2. The SMILES string of the molecule is C=CCCCCC[C@H](Nc1ccccc1)C(=O)N1C[C@H](Oc2cc(-c3nc(C(C)C)cs3)nc3c(C)c(OC)ccc23)C[C@H]1C(=O)N[C@]1(C(=O)NS(=O)(=O)C2(C)CC2)C[C@H]1C=C. The summed E-state index contributed by atoms with van der Waals surface area (Å²) in [4.78, 5) is 55.0. The zero-order chi connectivity index (χ0) is 44.4. The van der Waals surface area contributed by atoms with Crippen molar-refractivity contribution in [1.82, 2.24) is 24.9 Å². The van der Waals surface area contributed by atoms with Gasteiger partial charge in [-0.1, -0.05) is 57.0 Å². The van der Waals surface area contributed by atoms with Crippen molar-refractivity contribution in [3.63, 3.8) is 0 Å². The number of allylic oxidation sites excluding steroid dienone is 1. The minimum absolute atomic E-state index is 0.0696. The van der Waals surface area contributed by atoms with Gasteiger partial charge in [-0.2, -0.15) is 0 Å². The fourth-order valence-corrected chi connectivity index (χ4v) is 10.4. The van der Waals surface area contributed by atoms with E-state index in [2.05, 4.69) is 42.4 Å². The number of rotatable bonds is 20. The fourth-order valence-electron chi connectivity index (χ4n) is 8.16. The van der Waals surface area contributed by atoms with Crippen LogP contribution in [0.2, 0.25) is 0 Å². The Hall–Kier alpha value is -5.28. The number of para-hydroxylation sites is 1. The highest BCUT2D eigenvalue weighted by molar-refractivity contribution is 7.91. The summed E-state index contributed by atoms with van der Waals surface area (Å²) >= 11 is 1.50. The summed E-state index contributed by atoms with van der Waals surface area (Å²) in [6.45, 7) is 15.5. The molecule has 7 rings (SSSR count). The zero-order valence-corrected chi connectivity index (χ0v) is 37.9. The van der Waals surface area contributed by atoms with E-state index in [1.165, 1.54) is 11.3 Å². The Morgan fingerprint density at radius 2 is 1.81 bits per heavy atom. The number of carbonyl (C=O) groups is 3. The summed E-state index contributed by atoms with van der Waals surface area (Å²) in [6, 6.07) is 13.4. The van der Waals surface area contributed by atoms with E-state index in [0.717, 1.165) is 53.0 Å². The third-order valence-corrected chi connectivity index (χ3v) is 15.6. The number of hydrogen-bond acceptors (Lipinski definition) is 11. The first kappa shape index (κ1) is 44.8. The maximum atomic E-state index is 15.0. The number of thiazole rings is 1. The van der Waals surface area contributed by atoms with Crippen LogP contribution in [0.1, 0.15) is 95.7 Å². The van der Waals surface area contributed by atoms with E-state index < -0.39 is 56.2 Å². The molecule has 3 heterocycles. The van der Waals surface area contributed by atoms with Gasteiger partial charge in [0.1, 0.15) is 45.9 Å². The summed E-state index contributed by atoms with van der Waals surface area (Å²) in [6.07, 6.45) is 7.92. The number of nitrogens with one attached hydrogen (secondary N) is 3. The highest BCUT2D eigenvalue weighted by Gasteiger charge is 2.63. The Morgan fingerprint density at radius 3 is 2.45 bits per heavy atom. The second kappa shape index (κ2) is 18.2. The predicted molar refractivity (Wildman–Crippen MR) is 244 cm³/mol. The second-order valence-electron chi connectivity index (χ2n) is 17.4. The van der Waals surface area contributed by atoms with E-state index in [1.807, 2.05) is 66.9 Å². The molecule has 330 valence electrons. The van der Waals surface area contributed by atoms with Gasteiger partial charge in [-0.15, -0.1) is 24.5 Å². The number of anilines is 1. The molecule has 5 atom stereocenters. The summed E-state index contributed by atoms with van der Waals surface area (Å²) in [5.74, 6) is -0.760. The van der Waals surface area contributed by atoms with Gasteiger partial charge >= 0.3 is 0 Å². The first-order chi connectivity index (χ1) is 29.6. The Balaban J connectivity index is 1.23. The van der Waals surface area contributed by atoms with E-state index >= 15 is 0 Å². The number of carbonyl (C=O) groups excluding carboxylic acids is 3. The van der Waals surface area contributed by atoms with Gasteiger partial charge in [-0.3, -0.25) is 19.1 Å². The van der Waals surface area contributed by atoms with Crippen molar-refractivity contribution in [3.8, 4) is 22.2 Å². The molecule has 15 heteroatoms. The molecule has 2 aromatic heterocycles. The van der Waals surface area contributed by atoms with Gasteiger partial charge < -0.3 is 25.0 Å². The Morgan fingerprint density at radius 1 is 1.05 bits per heavy atom. The number of ether oxygens (including phenoxy) is 2. The van der Waals surface area contributed by atoms with Gasteiger partial charge in [0.25, 0.3) is 5.91 Å². The molecule has 62 heavy (non-hydrogen) atoms. The predicted octanol–water partition coefficient (Wildman–Crippen LogP) is 7.82. The van der Waals surface area contributed by atoms with Crippen molar-refractivity contribution in [2.24, 2.45) is 5.92 Å². The Bertz CT molecular complexity index is 2450. The van der Waals surface area contributed by atoms with Crippen molar-refractivity contribution in [1.29, 1.82) is 0 Å². The highest BCUT2D eigenvalue weighted by atomic mass is 32.2. The summed E-state index contributed by atoms with van der Waals surface area (Å²) < 4.78 is 40.2. The summed E-state index contributed by atoms with van der Waals surface area (Å²) in [5.41, 5.74) is 2.30. The van der Waals surface area contributed by atoms with Crippen LogP contribution in [0, 0.1) is 12.8 Å². The van der Waals surface area contributed by atoms with Gasteiger partial charge in [-0.05, 0) is 82.6 Å². The number of fused-ring (bicyclic) bond motifs is 1. The lowest BCUT2D eigenvalue weighted by Gasteiger charge is -2.30. The minimum Gasteiger partial charge on any atom is -0.496 e. The molecule has 3 aliphatic rings. The molecular weight excluding hydrogens is 825 g/mol. The largest absolute Gasteiger partial charge is 0.496 e. The van der Waals surface area contributed by atoms with Gasteiger partial charge in [0.2, 0.25) is 21.8 Å². The van der Waals surface area contributed by atoms with Crippen molar-refractivity contribution in [2.45, 2.75) is 120 Å². The van der Waals surface area contributed by atoms with E-state index in [4.69, 9.17) is 19.4 Å². The average molecular weight is 883 g/mol. The van der Waals surface area contributed by atoms with Gasteiger partial charge in [0.05, 0.1) is 29.6 Å². The van der Waals surface area contributed by atoms with E-state index in [1.54, 1.807) is 25.0 Å². The molecule has 3 N–H and O–H groups in total. The second-order valence-corrected chi connectivity index (χ2v) is 20.4. The number of likely N-dealkylation sites (tertiary alicyclic amines) is 1. The molecule has 2 saturated carbocycles. The number of methoxy groups -OCH3 is 1. The molecule has 0 radical (unpaired) electrons. The number of sulfonamides is 1. The topological polar surface area (TPSA) is 169 Å². The quantitative estimate of drug-likeness (QED) is 0.0588. The van der Waals surface area contributed by atoms with Crippen LogP contribution in [-0.2, 0) is 24.4 Å². The lowest BCUT2D eigenvalue weighted by Crippen LogP contribution is -2.58. The van der Waals surface area contributed by atoms with E-state index in [9.17, 15) is 22.8 Å². The summed E-state index contributed by atoms with van der Waals surface area (Å²) in [5, 5.41) is 9.85. The third kappa shape index (κ3) is 9.24. The first-order valence-electron chi connectivity index (χ1n) is 21.5. The molecule has 3 fully saturated rings. The van der Waals surface area contributed by atoms with Crippen LogP contribution in [0.4, 0.5) is 5.69 Å². The number of unbranched alkanes of at least 4 members (excludes halogenated alkanes) is 3. The van der Waals surface area contributed by atoms with Crippen LogP contribution in [0.5, 0.6) is 11.5 Å². The number of aryl methyl sites for hydroxylation is 1. The molecule has 0 unspecified atom stereocenters. The van der Waals surface area contributed by atoms with Crippen LogP contribution in [0.3, 0.4) is 0 Å². The monoisotopic (exact) mass is 882 g/mol. The molecule has 0 bridgehead atoms. The molecule has 3 amide bonds. The number of aromatic nitrogens is 2. The maximum Gasteiger partial charge on any atom is 0.259 e. The maximum absolute atomic E-state index is 15.0. The molecule has 4 aromatic rings. The number of pyridine rings is 1. The lowest BCUT2D eigenvalue weighted by atomic mass is 10.0. The van der Waals surface area contributed by atoms with Crippen molar-refractivity contribution >= 4 is 55.7 Å². The average Bonchev–Trinajstić information content (AvgIpc) is 4.04. The van der Waals surface area contributed by atoms with Gasteiger partial charge in [-0.25, -0.2) is 18.4 Å². The smallest absolute Gasteiger partial charge is 0.259 e. The van der Waals surface area contributed by atoms with Crippen molar-refractivity contribution in [3.05, 3.63) is 90.5 Å². The standard InChI is InChI=1S/C47H58N6O7S2/c1-8-10-11-12-16-19-35(48-32-17-14-13-15-18-32)44(55)53-27-33(24-38(53)42(54)51-47(26-31(47)9-2)45(56)52-62(57,58)46(6)22-23-46)60-40-25-36(43-50-37(28-61-43)29(3)4)49-41-30(5)39(59-7)21-20-34(40)41/h8-9,13-15,17-18,20-21,25,28-29,31,33,35,38,48H,1-2,10-12,16,19,22-24,26-27H2,3-7H3,(H,51,54)(H,52,56)/t31-,33-,35+,38+,47-/m1/s1. The van der Waals surface area contributed by atoms with E-state index in [0.29, 0.717) is 42.0 Å². The first-order valence-corrected chi connectivity index (χ1v) is 23.8. The molecule has 1 saturated heterocycles. The molecular formula is C47H58N6O7S2. The van der Waals surface area contributed by atoms with Crippen molar-refractivity contribution in [2.75, 3.05) is 19.0 Å². The number of hydrogen-bond donors (Lipinski definition) is 3.